The van der Waals surface area contributed by atoms with E-state index in [0.717, 1.165) is 42.2 Å². The number of likely N-dealkylation sites (tertiary alicyclic amines) is 1. The molecular formula is C16H21N3OS. The van der Waals surface area contributed by atoms with Crippen molar-refractivity contribution < 1.29 is 4.79 Å². The normalized spacial score (nSPS) is 20.5. The molecule has 0 radical (unpaired) electrons. The lowest BCUT2D eigenvalue weighted by Gasteiger charge is -2.33. The van der Waals surface area contributed by atoms with Gasteiger partial charge in [0, 0.05) is 29.6 Å². The molecule has 2 atom stereocenters. The molecule has 1 amide bonds. The standard InChI is InChI=1S/C16H21N3OS/c1-11-9-14(18-17-11)13-5-3-7-19(10-13)16(20)12(2)15-6-4-8-21-15/h4,6,8-9,12-13H,3,5,7,10H2,1-2H3,(H,17,18)/t12-,13-/m1/s1. The van der Waals surface area contributed by atoms with Gasteiger partial charge in [0.15, 0.2) is 0 Å². The summed E-state index contributed by atoms with van der Waals surface area (Å²) < 4.78 is 0. The number of aromatic amines is 1. The maximum atomic E-state index is 12.7. The van der Waals surface area contributed by atoms with Crippen molar-refractivity contribution >= 4 is 17.2 Å². The number of piperidine rings is 1. The Bertz CT molecular complexity index is 605. The maximum Gasteiger partial charge on any atom is 0.230 e. The Kier molecular flexibility index (Phi) is 4.10. The minimum atomic E-state index is -0.0373. The first-order valence-electron chi connectivity index (χ1n) is 7.49. The second kappa shape index (κ2) is 6.02. The van der Waals surface area contributed by atoms with Gasteiger partial charge in [-0.25, -0.2) is 0 Å². The van der Waals surface area contributed by atoms with Crippen LogP contribution < -0.4 is 0 Å². The van der Waals surface area contributed by atoms with Gasteiger partial charge >= 0.3 is 0 Å². The summed E-state index contributed by atoms with van der Waals surface area (Å²) in [5, 5.41) is 9.40. The molecule has 3 heterocycles. The molecule has 1 saturated heterocycles. The van der Waals surface area contributed by atoms with Crippen molar-refractivity contribution in [1.29, 1.82) is 0 Å². The molecule has 4 nitrogen and oxygen atoms in total. The molecule has 1 fully saturated rings. The minimum absolute atomic E-state index is 0.0373. The predicted octanol–water partition coefficient (Wildman–Crippen LogP) is 3.29. The topological polar surface area (TPSA) is 49.0 Å². The predicted molar refractivity (Wildman–Crippen MR) is 84.6 cm³/mol. The summed E-state index contributed by atoms with van der Waals surface area (Å²) in [6.07, 6.45) is 2.17. The zero-order chi connectivity index (χ0) is 14.8. The van der Waals surface area contributed by atoms with Gasteiger partial charge in [0.05, 0.1) is 11.6 Å². The van der Waals surface area contributed by atoms with Gasteiger partial charge in [-0.3, -0.25) is 9.89 Å². The van der Waals surface area contributed by atoms with Crippen LogP contribution in [0, 0.1) is 6.92 Å². The van der Waals surface area contributed by atoms with Crippen molar-refractivity contribution in [2.24, 2.45) is 0 Å². The molecule has 0 aromatic carbocycles. The van der Waals surface area contributed by atoms with Crippen LogP contribution in [0.1, 0.15) is 47.9 Å². The van der Waals surface area contributed by atoms with E-state index >= 15 is 0 Å². The fraction of sp³-hybridized carbons (Fsp3) is 0.500. The quantitative estimate of drug-likeness (QED) is 0.946. The Morgan fingerprint density at radius 1 is 1.57 bits per heavy atom. The molecule has 3 rings (SSSR count). The number of nitrogens with one attached hydrogen (secondary N) is 1. The number of nitrogens with zero attached hydrogens (tertiary/aromatic N) is 2. The Balaban J connectivity index is 1.69. The summed E-state index contributed by atoms with van der Waals surface area (Å²) in [4.78, 5) is 15.9. The highest BCUT2D eigenvalue weighted by atomic mass is 32.1. The smallest absolute Gasteiger partial charge is 0.230 e. The Labute approximate surface area is 129 Å². The highest BCUT2D eigenvalue weighted by Gasteiger charge is 2.29. The van der Waals surface area contributed by atoms with Gasteiger partial charge in [0.2, 0.25) is 5.91 Å². The number of thiophene rings is 1. The van der Waals surface area contributed by atoms with Crippen LogP contribution in [0.3, 0.4) is 0 Å². The van der Waals surface area contributed by atoms with Gasteiger partial charge in [-0.2, -0.15) is 5.10 Å². The van der Waals surface area contributed by atoms with E-state index in [9.17, 15) is 4.79 Å². The minimum Gasteiger partial charge on any atom is -0.341 e. The van der Waals surface area contributed by atoms with Crippen LogP contribution in [0.2, 0.25) is 0 Å². The van der Waals surface area contributed by atoms with Gasteiger partial charge < -0.3 is 4.90 Å². The van der Waals surface area contributed by atoms with Crippen LogP contribution in [0.4, 0.5) is 0 Å². The number of hydrogen-bond donors (Lipinski definition) is 1. The number of carbonyl (C=O) groups excluding carboxylic acids is 1. The molecule has 112 valence electrons. The highest BCUT2D eigenvalue weighted by molar-refractivity contribution is 7.10. The lowest BCUT2D eigenvalue weighted by Crippen LogP contribution is -2.41. The summed E-state index contributed by atoms with van der Waals surface area (Å²) >= 11 is 1.66. The molecule has 2 aromatic rings. The third-order valence-electron chi connectivity index (χ3n) is 4.22. The lowest BCUT2D eigenvalue weighted by atomic mass is 9.93. The molecule has 0 unspecified atom stereocenters. The van der Waals surface area contributed by atoms with Gasteiger partial charge in [-0.05, 0) is 44.2 Å². The van der Waals surface area contributed by atoms with E-state index in [1.165, 1.54) is 0 Å². The van der Waals surface area contributed by atoms with Crippen molar-refractivity contribution in [3.8, 4) is 0 Å². The van der Waals surface area contributed by atoms with Crippen molar-refractivity contribution in [2.75, 3.05) is 13.1 Å². The molecule has 0 bridgehead atoms. The molecular weight excluding hydrogens is 282 g/mol. The Morgan fingerprint density at radius 2 is 2.43 bits per heavy atom. The number of rotatable bonds is 3. The summed E-state index contributed by atoms with van der Waals surface area (Å²) in [5.74, 6) is 0.572. The van der Waals surface area contributed by atoms with Gasteiger partial charge in [0.1, 0.15) is 0 Å². The zero-order valence-corrected chi connectivity index (χ0v) is 13.3. The van der Waals surface area contributed by atoms with Crippen molar-refractivity contribution in [3.05, 3.63) is 39.8 Å². The number of H-pyrrole nitrogens is 1. The summed E-state index contributed by atoms with van der Waals surface area (Å²) in [6, 6.07) is 6.16. The van der Waals surface area contributed by atoms with Crippen LogP contribution in [0.25, 0.3) is 0 Å². The average Bonchev–Trinajstić information content (AvgIpc) is 3.17. The number of hydrogen-bond acceptors (Lipinski definition) is 3. The molecule has 1 N–H and O–H groups in total. The lowest BCUT2D eigenvalue weighted by molar-refractivity contribution is -0.133. The van der Waals surface area contributed by atoms with E-state index in [1.54, 1.807) is 11.3 Å². The van der Waals surface area contributed by atoms with Crippen molar-refractivity contribution in [1.82, 2.24) is 15.1 Å². The number of amides is 1. The third-order valence-corrected chi connectivity index (χ3v) is 5.27. The number of carbonyl (C=O) groups is 1. The highest BCUT2D eigenvalue weighted by Crippen LogP contribution is 2.29. The molecule has 2 aromatic heterocycles. The van der Waals surface area contributed by atoms with E-state index in [1.807, 2.05) is 36.3 Å². The monoisotopic (exact) mass is 303 g/mol. The fourth-order valence-corrected chi connectivity index (χ4v) is 3.78. The van der Waals surface area contributed by atoms with Gasteiger partial charge in [0.25, 0.3) is 0 Å². The van der Waals surface area contributed by atoms with Crippen molar-refractivity contribution in [2.45, 2.75) is 38.5 Å². The molecule has 0 aliphatic carbocycles. The van der Waals surface area contributed by atoms with Crippen molar-refractivity contribution in [3.63, 3.8) is 0 Å². The van der Waals surface area contributed by atoms with Gasteiger partial charge in [-0.15, -0.1) is 11.3 Å². The van der Waals surface area contributed by atoms with Crippen LogP contribution in [-0.2, 0) is 4.79 Å². The number of aromatic nitrogens is 2. The Hall–Kier alpha value is -1.62. The summed E-state index contributed by atoms with van der Waals surface area (Å²) in [5.41, 5.74) is 2.18. The summed E-state index contributed by atoms with van der Waals surface area (Å²) in [7, 11) is 0. The first kappa shape index (κ1) is 14.3. The summed E-state index contributed by atoms with van der Waals surface area (Å²) in [6.45, 7) is 5.69. The van der Waals surface area contributed by atoms with E-state index < -0.39 is 0 Å². The Morgan fingerprint density at radius 3 is 3.10 bits per heavy atom. The molecule has 5 heteroatoms. The van der Waals surface area contributed by atoms with Crippen LogP contribution in [0.5, 0.6) is 0 Å². The van der Waals surface area contributed by atoms with Gasteiger partial charge in [-0.1, -0.05) is 6.07 Å². The van der Waals surface area contributed by atoms with Crippen LogP contribution in [-0.4, -0.2) is 34.1 Å². The third kappa shape index (κ3) is 3.02. The largest absolute Gasteiger partial charge is 0.341 e. The molecule has 21 heavy (non-hydrogen) atoms. The molecule has 0 spiro atoms. The van der Waals surface area contributed by atoms with E-state index in [2.05, 4.69) is 16.3 Å². The SMILES string of the molecule is Cc1cc([C@@H]2CCCN(C(=O)[C@H](C)c3cccs3)C2)n[nH]1. The van der Waals surface area contributed by atoms with Crippen LogP contribution in [0.15, 0.2) is 23.6 Å². The second-order valence-electron chi connectivity index (χ2n) is 5.84. The van der Waals surface area contributed by atoms with Crippen LogP contribution >= 0.6 is 11.3 Å². The molecule has 1 aliphatic heterocycles. The maximum absolute atomic E-state index is 12.7. The second-order valence-corrected chi connectivity index (χ2v) is 6.82. The first-order chi connectivity index (χ1) is 10.1. The average molecular weight is 303 g/mol. The number of aryl methyl sites for hydroxylation is 1. The van der Waals surface area contributed by atoms with E-state index in [0.29, 0.717) is 5.92 Å². The van der Waals surface area contributed by atoms with E-state index in [4.69, 9.17) is 0 Å². The molecule has 1 aliphatic rings. The first-order valence-corrected chi connectivity index (χ1v) is 8.37. The zero-order valence-electron chi connectivity index (χ0n) is 12.5. The molecule has 0 saturated carbocycles. The van der Waals surface area contributed by atoms with E-state index in [-0.39, 0.29) is 11.8 Å². The fourth-order valence-electron chi connectivity index (χ4n) is 3.00.